The largest absolute Gasteiger partial charge is 0.497 e. The molecule has 1 fully saturated rings. The van der Waals surface area contributed by atoms with Crippen LogP contribution in [0.2, 0.25) is 0 Å². The first-order valence-electron chi connectivity index (χ1n) is 10.0. The number of nitrogens with one attached hydrogen (secondary N) is 2. The highest BCUT2D eigenvalue weighted by molar-refractivity contribution is 7.89. The summed E-state index contributed by atoms with van der Waals surface area (Å²) in [5.74, 6) is -0.349. The number of sulfonamides is 1. The fourth-order valence-corrected chi connectivity index (χ4v) is 4.90. The minimum Gasteiger partial charge on any atom is -0.497 e. The molecule has 0 saturated carbocycles. The Kier molecular flexibility index (Phi) is 7.59. The Bertz CT molecular complexity index is 996. The molecule has 1 unspecified atom stereocenters. The van der Waals surface area contributed by atoms with E-state index in [0.29, 0.717) is 30.8 Å². The van der Waals surface area contributed by atoms with Gasteiger partial charge in [0, 0.05) is 44.1 Å². The van der Waals surface area contributed by atoms with Crippen molar-refractivity contribution < 1.29 is 22.7 Å². The van der Waals surface area contributed by atoms with Gasteiger partial charge in [0.2, 0.25) is 21.8 Å². The van der Waals surface area contributed by atoms with E-state index in [2.05, 4.69) is 15.6 Å². The molecule has 1 aromatic carbocycles. The average Bonchev–Trinajstić information content (AvgIpc) is 2.79. The van der Waals surface area contributed by atoms with Crippen LogP contribution in [-0.2, 0) is 19.6 Å². The average molecular weight is 447 g/mol. The number of aromatic nitrogens is 1. The molecule has 2 N–H and O–H groups in total. The molecule has 2 aromatic rings. The van der Waals surface area contributed by atoms with Crippen molar-refractivity contribution in [2.45, 2.75) is 24.2 Å². The summed E-state index contributed by atoms with van der Waals surface area (Å²) >= 11 is 0. The summed E-state index contributed by atoms with van der Waals surface area (Å²) in [5.41, 5.74) is 0.637. The number of anilines is 1. The van der Waals surface area contributed by atoms with E-state index in [-0.39, 0.29) is 36.2 Å². The lowest BCUT2D eigenvalue weighted by molar-refractivity contribution is -0.126. The Morgan fingerprint density at radius 3 is 2.55 bits per heavy atom. The number of hydrogen-bond acceptors (Lipinski definition) is 6. The van der Waals surface area contributed by atoms with Crippen LogP contribution in [0.25, 0.3) is 0 Å². The normalized spacial score (nSPS) is 17.0. The number of benzene rings is 1. The molecule has 2 amide bonds. The number of ether oxygens (including phenoxy) is 1. The highest BCUT2D eigenvalue weighted by Crippen LogP contribution is 2.25. The number of methoxy groups -OCH3 is 1. The lowest BCUT2D eigenvalue weighted by atomic mass is 9.99. The number of hydrogen-bond donors (Lipinski definition) is 2. The van der Waals surface area contributed by atoms with Crippen LogP contribution >= 0.6 is 0 Å². The van der Waals surface area contributed by atoms with Gasteiger partial charge in [-0.1, -0.05) is 0 Å². The van der Waals surface area contributed by atoms with E-state index >= 15 is 0 Å². The first kappa shape index (κ1) is 22.7. The van der Waals surface area contributed by atoms with Crippen molar-refractivity contribution in [1.82, 2.24) is 14.6 Å². The first-order valence-corrected chi connectivity index (χ1v) is 11.5. The van der Waals surface area contributed by atoms with Crippen molar-refractivity contribution >= 4 is 27.5 Å². The summed E-state index contributed by atoms with van der Waals surface area (Å²) in [5, 5.41) is 5.47. The van der Waals surface area contributed by atoms with E-state index < -0.39 is 15.9 Å². The zero-order chi connectivity index (χ0) is 22.3. The molecule has 0 radical (unpaired) electrons. The van der Waals surface area contributed by atoms with E-state index in [4.69, 9.17) is 4.74 Å². The summed E-state index contributed by atoms with van der Waals surface area (Å²) in [6.45, 7) is 0.660. The molecule has 2 heterocycles. The highest BCUT2D eigenvalue weighted by Gasteiger charge is 2.33. The van der Waals surface area contributed by atoms with Crippen LogP contribution < -0.4 is 15.4 Å². The van der Waals surface area contributed by atoms with Crippen molar-refractivity contribution in [3.05, 3.63) is 48.8 Å². The second-order valence-electron chi connectivity index (χ2n) is 7.20. The third-order valence-electron chi connectivity index (χ3n) is 5.07. The molecule has 10 heteroatoms. The zero-order valence-corrected chi connectivity index (χ0v) is 18.1. The maximum atomic E-state index is 12.9. The standard InChI is InChI=1S/C21H26N4O5S/c1-30-18-4-6-19(7-5-18)31(28,29)25-14-2-3-16(15-25)21(27)23-13-10-20(26)24-17-8-11-22-12-9-17/h4-9,11-12,16H,2-3,10,13-15H2,1H3,(H,23,27)(H,22,24,26). The lowest BCUT2D eigenvalue weighted by Gasteiger charge is -2.31. The predicted molar refractivity (Wildman–Crippen MR) is 115 cm³/mol. The molecular weight excluding hydrogens is 420 g/mol. The molecule has 1 aromatic heterocycles. The van der Waals surface area contributed by atoms with Crippen LogP contribution in [0.4, 0.5) is 5.69 Å². The van der Waals surface area contributed by atoms with Crippen molar-refractivity contribution in [3.8, 4) is 5.75 Å². The number of rotatable bonds is 8. The van der Waals surface area contributed by atoms with Gasteiger partial charge in [0.1, 0.15) is 5.75 Å². The van der Waals surface area contributed by atoms with E-state index in [9.17, 15) is 18.0 Å². The molecule has 9 nitrogen and oxygen atoms in total. The Balaban J connectivity index is 1.51. The Morgan fingerprint density at radius 2 is 1.87 bits per heavy atom. The summed E-state index contributed by atoms with van der Waals surface area (Å²) < 4.78 is 32.3. The van der Waals surface area contributed by atoms with Crippen LogP contribution in [0, 0.1) is 5.92 Å². The molecular formula is C21H26N4O5S. The number of pyridine rings is 1. The van der Waals surface area contributed by atoms with E-state index in [1.807, 2.05) is 0 Å². The number of carbonyl (C=O) groups is 2. The van der Waals surface area contributed by atoms with E-state index in [0.717, 1.165) is 0 Å². The third-order valence-corrected chi connectivity index (χ3v) is 6.95. The fourth-order valence-electron chi connectivity index (χ4n) is 3.37. The number of nitrogens with zero attached hydrogens (tertiary/aromatic N) is 2. The summed E-state index contributed by atoms with van der Waals surface area (Å²) in [4.78, 5) is 28.6. The van der Waals surface area contributed by atoms with E-state index in [1.54, 1.807) is 36.7 Å². The molecule has 0 aliphatic carbocycles. The van der Waals surface area contributed by atoms with Gasteiger partial charge in [-0.2, -0.15) is 4.31 Å². The van der Waals surface area contributed by atoms with Crippen LogP contribution in [0.1, 0.15) is 19.3 Å². The SMILES string of the molecule is COc1ccc(S(=O)(=O)N2CCCC(C(=O)NCCC(=O)Nc3ccncc3)C2)cc1. The van der Waals surface area contributed by atoms with Gasteiger partial charge in [-0.3, -0.25) is 14.6 Å². The second kappa shape index (κ2) is 10.4. The van der Waals surface area contributed by atoms with Crippen molar-refractivity contribution in [1.29, 1.82) is 0 Å². The van der Waals surface area contributed by atoms with Crippen molar-refractivity contribution in [2.75, 3.05) is 32.1 Å². The zero-order valence-electron chi connectivity index (χ0n) is 17.3. The molecule has 1 aliphatic heterocycles. The number of piperidine rings is 1. The van der Waals surface area contributed by atoms with Gasteiger partial charge >= 0.3 is 0 Å². The Morgan fingerprint density at radius 1 is 1.16 bits per heavy atom. The number of amides is 2. The highest BCUT2D eigenvalue weighted by atomic mass is 32.2. The van der Waals surface area contributed by atoms with Crippen molar-refractivity contribution in [3.63, 3.8) is 0 Å². The quantitative estimate of drug-likeness (QED) is 0.637. The number of carbonyl (C=O) groups excluding carboxylic acids is 2. The van der Waals surface area contributed by atoms with E-state index in [1.165, 1.54) is 23.5 Å². The van der Waals surface area contributed by atoms with Gasteiger partial charge in [0.25, 0.3) is 0 Å². The van der Waals surface area contributed by atoms with Gasteiger partial charge in [-0.25, -0.2) is 8.42 Å². The van der Waals surface area contributed by atoms with Gasteiger partial charge in [0.15, 0.2) is 0 Å². The molecule has 0 bridgehead atoms. The molecule has 1 saturated heterocycles. The first-order chi connectivity index (χ1) is 14.9. The minimum absolute atomic E-state index is 0.114. The smallest absolute Gasteiger partial charge is 0.243 e. The van der Waals surface area contributed by atoms with Crippen LogP contribution in [0.3, 0.4) is 0 Å². The third kappa shape index (κ3) is 6.02. The molecule has 1 aliphatic rings. The maximum Gasteiger partial charge on any atom is 0.243 e. The monoisotopic (exact) mass is 446 g/mol. The lowest BCUT2D eigenvalue weighted by Crippen LogP contribution is -2.45. The van der Waals surface area contributed by atoms with Gasteiger partial charge in [-0.15, -0.1) is 0 Å². The van der Waals surface area contributed by atoms with Crippen LogP contribution in [0.5, 0.6) is 5.75 Å². The molecule has 0 spiro atoms. The van der Waals surface area contributed by atoms with Gasteiger partial charge < -0.3 is 15.4 Å². The molecule has 166 valence electrons. The van der Waals surface area contributed by atoms with Gasteiger partial charge in [-0.05, 0) is 49.2 Å². The molecule has 3 rings (SSSR count). The summed E-state index contributed by atoms with van der Waals surface area (Å²) in [6, 6.07) is 9.54. The summed E-state index contributed by atoms with van der Waals surface area (Å²) in [6.07, 6.45) is 4.47. The maximum absolute atomic E-state index is 12.9. The summed E-state index contributed by atoms with van der Waals surface area (Å²) in [7, 11) is -2.18. The minimum atomic E-state index is -3.69. The van der Waals surface area contributed by atoms with Crippen molar-refractivity contribution in [2.24, 2.45) is 5.92 Å². The van der Waals surface area contributed by atoms with Crippen LogP contribution in [-0.4, -0.2) is 56.3 Å². The fraction of sp³-hybridized carbons (Fsp3) is 0.381. The Labute approximate surface area is 181 Å². The second-order valence-corrected chi connectivity index (χ2v) is 9.14. The molecule has 1 atom stereocenters. The topological polar surface area (TPSA) is 118 Å². The van der Waals surface area contributed by atoms with Gasteiger partial charge in [0.05, 0.1) is 17.9 Å². The Hall–Kier alpha value is -2.98. The van der Waals surface area contributed by atoms with Crippen LogP contribution in [0.15, 0.2) is 53.7 Å². The molecule has 31 heavy (non-hydrogen) atoms. The predicted octanol–water partition coefficient (Wildman–Crippen LogP) is 1.64.